The van der Waals surface area contributed by atoms with E-state index in [1.807, 2.05) is 32.0 Å². The fourth-order valence-corrected chi connectivity index (χ4v) is 5.56. The molecule has 2 aliphatic rings. The molecular formula is C32H34F5N4O+. The highest BCUT2D eigenvalue weighted by Crippen LogP contribution is 2.39. The first-order chi connectivity index (χ1) is 19.9. The SMILES string of the molecule is C/C=N/N=C(\C(=C\c1cc(F)cc(F)c1)NC(=O)C[N+]1=C(C(F)(F)F)C2=C1CCCC2)C(C)c1ccc(CC)c(C)c1. The van der Waals surface area contributed by atoms with Crippen LogP contribution in [0.5, 0.6) is 0 Å². The predicted octanol–water partition coefficient (Wildman–Crippen LogP) is 7.40. The fraction of sp³-hybridized carbons (Fsp3) is 0.375. The van der Waals surface area contributed by atoms with Crippen molar-refractivity contribution < 1.29 is 31.3 Å². The molecule has 1 aliphatic carbocycles. The van der Waals surface area contributed by atoms with E-state index in [0.29, 0.717) is 25.0 Å². The summed E-state index contributed by atoms with van der Waals surface area (Å²) in [7, 11) is 0. The van der Waals surface area contributed by atoms with Crippen LogP contribution in [0, 0.1) is 18.6 Å². The summed E-state index contributed by atoms with van der Waals surface area (Å²) in [6.45, 7) is 6.98. The molecular weight excluding hydrogens is 551 g/mol. The van der Waals surface area contributed by atoms with Crippen molar-refractivity contribution in [3.63, 3.8) is 0 Å². The molecule has 1 unspecified atom stereocenters. The molecule has 1 amide bonds. The van der Waals surface area contributed by atoms with Crippen molar-refractivity contribution in [1.82, 2.24) is 5.32 Å². The molecule has 10 heteroatoms. The third kappa shape index (κ3) is 6.91. The minimum atomic E-state index is -4.59. The van der Waals surface area contributed by atoms with Gasteiger partial charge in [0.25, 0.3) is 11.6 Å². The third-order valence-corrected chi connectivity index (χ3v) is 7.58. The fourth-order valence-electron chi connectivity index (χ4n) is 5.56. The van der Waals surface area contributed by atoms with Gasteiger partial charge in [0.2, 0.25) is 6.54 Å². The lowest BCUT2D eigenvalue weighted by Gasteiger charge is -2.27. The summed E-state index contributed by atoms with van der Waals surface area (Å²) < 4.78 is 70.9. The molecule has 1 heterocycles. The minimum absolute atomic E-state index is 0.0762. The summed E-state index contributed by atoms with van der Waals surface area (Å²) >= 11 is 0. The molecule has 4 rings (SSSR count). The van der Waals surface area contributed by atoms with Gasteiger partial charge in [-0.25, -0.2) is 8.78 Å². The number of amides is 1. The van der Waals surface area contributed by atoms with Gasteiger partial charge in [-0.15, -0.1) is 0 Å². The van der Waals surface area contributed by atoms with Gasteiger partial charge >= 0.3 is 6.18 Å². The zero-order chi connectivity index (χ0) is 30.6. The molecule has 2 aromatic rings. The third-order valence-electron chi connectivity index (χ3n) is 7.58. The number of carbonyl (C=O) groups is 1. The van der Waals surface area contributed by atoms with E-state index in [4.69, 9.17) is 0 Å². The van der Waals surface area contributed by atoms with Crippen LogP contribution in [-0.4, -0.2) is 40.8 Å². The number of nitrogens with one attached hydrogen (secondary N) is 1. The van der Waals surface area contributed by atoms with Gasteiger partial charge in [-0.2, -0.15) is 27.9 Å². The van der Waals surface area contributed by atoms with Gasteiger partial charge < -0.3 is 5.32 Å². The maximum atomic E-state index is 14.1. The second-order valence-corrected chi connectivity index (χ2v) is 10.5. The van der Waals surface area contributed by atoms with Crippen LogP contribution in [0.1, 0.15) is 74.6 Å². The Morgan fingerprint density at radius 1 is 1.10 bits per heavy atom. The quantitative estimate of drug-likeness (QED) is 0.142. The number of benzene rings is 2. The molecule has 0 spiro atoms. The van der Waals surface area contributed by atoms with E-state index < -0.39 is 41.9 Å². The Hall–Kier alpha value is -3.95. The van der Waals surface area contributed by atoms with Gasteiger partial charge in [0, 0.05) is 24.6 Å². The van der Waals surface area contributed by atoms with Crippen molar-refractivity contribution in [1.29, 1.82) is 0 Å². The summed E-state index contributed by atoms with van der Waals surface area (Å²) in [5.74, 6) is -2.82. The van der Waals surface area contributed by atoms with E-state index in [1.165, 1.54) is 12.3 Å². The number of carbonyl (C=O) groups excluding carboxylic acids is 1. The topological polar surface area (TPSA) is 56.8 Å². The Kier molecular flexibility index (Phi) is 9.53. The molecule has 1 atom stereocenters. The number of halogens is 5. The number of nitrogens with zero attached hydrogens (tertiary/aromatic N) is 3. The van der Waals surface area contributed by atoms with Crippen LogP contribution in [0.3, 0.4) is 0 Å². The normalized spacial score (nSPS) is 17.0. The van der Waals surface area contributed by atoms with Crippen molar-refractivity contribution in [2.24, 2.45) is 10.2 Å². The van der Waals surface area contributed by atoms with E-state index in [9.17, 15) is 26.7 Å². The number of alkyl halides is 3. The Balaban J connectivity index is 1.75. The summed E-state index contributed by atoms with van der Waals surface area (Å²) in [5.41, 5.74) is 3.55. The highest BCUT2D eigenvalue weighted by atomic mass is 19.4. The summed E-state index contributed by atoms with van der Waals surface area (Å²) in [6.07, 6.45) is 1.28. The van der Waals surface area contributed by atoms with Crippen molar-refractivity contribution in [3.8, 4) is 0 Å². The standard InChI is InChI=1S/C32H33F5N4O/c1-5-22-11-12-23(13-19(22)3)20(4)30(40-38-6-2)27(16-21-14-24(33)17-25(34)15-21)39-29(42)18-41-28-10-8-7-9-26(28)31(41)32(35,36)37/h6,11-17,20H,5,7-10,18H2,1-4H3/p+1/b27-16-,38-6+,40-30-. The highest BCUT2D eigenvalue weighted by Gasteiger charge is 2.55. The Morgan fingerprint density at radius 3 is 2.40 bits per heavy atom. The molecule has 222 valence electrons. The van der Waals surface area contributed by atoms with Crippen molar-refractivity contribution in [3.05, 3.63) is 87.3 Å². The molecule has 0 saturated carbocycles. The van der Waals surface area contributed by atoms with Crippen LogP contribution in [0.2, 0.25) is 0 Å². The van der Waals surface area contributed by atoms with Crippen molar-refractivity contribution in [2.75, 3.05) is 6.54 Å². The van der Waals surface area contributed by atoms with E-state index in [0.717, 1.165) is 52.3 Å². The van der Waals surface area contributed by atoms with E-state index in [2.05, 4.69) is 22.4 Å². The number of aryl methyl sites for hydroxylation is 2. The molecule has 42 heavy (non-hydrogen) atoms. The van der Waals surface area contributed by atoms with Gasteiger partial charge in [0.05, 0.1) is 17.0 Å². The van der Waals surface area contributed by atoms with Crippen LogP contribution >= 0.6 is 0 Å². The van der Waals surface area contributed by atoms with Gasteiger partial charge in [-0.05, 0) is 80.0 Å². The summed E-state index contributed by atoms with van der Waals surface area (Å²) in [5, 5.41) is 11.0. The monoisotopic (exact) mass is 585 g/mol. The average molecular weight is 586 g/mol. The van der Waals surface area contributed by atoms with Crippen molar-refractivity contribution >= 4 is 29.6 Å². The van der Waals surface area contributed by atoms with Gasteiger partial charge in [-0.3, -0.25) is 4.79 Å². The van der Waals surface area contributed by atoms with Gasteiger partial charge in [0.15, 0.2) is 5.70 Å². The number of hydrogen-bond donors (Lipinski definition) is 1. The zero-order valence-electron chi connectivity index (χ0n) is 24.1. The molecule has 0 radical (unpaired) electrons. The smallest absolute Gasteiger partial charge is 0.319 e. The first-order valence-corrected chi connectivity index (χ1v) is 14.0. The van der Waals surface area contributed by atoms with E-state index in [1.54, 1.807) is 6.92 Å². The Morgan fingerprint density at radius 2 is 1.79 bits per heavy atom. The lowest BCUT2D eigenvalue weighted by molar-refractivity contribution is -0.491. The lowest BCUT2D eigenvalue weighted by atomic mass is 9.86. The van der Waals surface area contributed by atoms with Crippen molar-refractivity contribution in [2.45, 2.75) is 71.9 Å². The highest BCUT2D eigenvalue weighted by molar-refractivity contribution is 6.10. The van der Waals surface area contributed by atoms with E-state index >= 15 is 0 Å². The maximum Gasteiger partial charge on any atom is 0.478 e. The first-order valence-electron chi connectivity index (χ1n) is 14.0. The molecule has 1 aliphatic heterocycles. The second kappa shape index (κ2) is 12.9. The van der Waals surface area contributed by atoms with Crippen LogP contribution in [0.25, 0.3) is 6.08 Å². The number of allylic oxidation sites excluding steroid dienone is 3. The Bertz CT molecular complexity index is 1510. The van der Waals surface area contributed by atoms with Gasteiger partial charge in [0.1, 0.15) is 11.6 Å². The molecule has 0 aromatic heterocycles. The minimum Gasteiger partial charge on any atom is -0.319 e. The average Bonchev–Trinajstić information content (AvgIpc) is 2.90. The Labute approximate surface area is 242 Å². The summed E-state index contributed by atoms with van der Waals surface area (Å²) in [6, 6.07) is 8.83. The van der Waals surface area contributed by atoms with Crippen LogP contribution in [0.15, 0.2) is 63.6 Å². The molecule has 0 fully saturated rings. The lowest BCUT2D eigenvalue weighted by Crippen LogP contribution is -2.48. The molecule has 0 bridgehead atoms. The zero-order valence-corrected chi connectivity index (χ0v) is 24.1. The summed E-state index contributed by atoms with van der Waals surface area (Å²) in [4.78, 5) is 13.4. The van der Waals surface area contributed by atoms with E-state index in [-0.39, 0.29) is 22.5 Å². The molecule has 1 N–H and O–H groups in total. The number of hydrogen-bond acceptors (Lipinski definition) is 3. The first kappa shape index (κ1) is 31.0. The molecule has 0 saturated heterocycles. The molecule has 2 aromatic carbocycles. The second-order valence-electron chi connectivity index (χ2n) is 10.5. The van der Waals surface area contributed by atoms with Crippen LogP contribution < -0.4 is 5.32 Å². The largest absolute Gasteiger partial charge is 0.478 e. The number of rotatable bonds is 9. The maximum absolute atomic E-state index is 14.1. The molecule has 5 nitrogen and oxygen atoms in total. The van der Waals surface area contributed by atoms with Crippen LogP contribution in [0.4, 0.5) is 22.0 Å². The van der Waals surface area contributed by atoms with Gasteiger partial charge in [-0.1, -0.05) is 32.0 Å². The van der Waals surface area contributed by atoms with Crippen LogP contribution in [-0.2, 0) is 11.2 Å². The predicted molar refractivity (Wildman–Crippen MR) is 155 cm³/mol.